The molecule has 0 aromatic carbocycles. The minimum atomic E-state index is 0.329. The Kier molecular flexibility index (Phi) is 3.53. The second kappa shape index (κ2) is 4.47. The number of aryl methyl sites for hydroxylation is 1. The van der Waals surface area contributed by atoms with Gasteiger partial charge in [-0.1, -0.05) is 13.8 Å². The van der Waals surface area contributed by atoms with Crippen molar-refractivity contribution in [2.75, 3.05) is 5.73 Å². The molecule has 0 spiro atoms. The van der Waals surface area contributed by atoms with Crippen LogP contribution in [-0.2, 0) is 6.54 Å². The van der Waals surface area contributed by atoms with E-state index in [-0.39, 0.29) is 0 Å². The summed E-state index contributed by atoms with van der Waals surface area (Å²) in [4.78, 5) is 0. The zero-order chi connectivity index (χ0) is 10.7. The number of nitrogens with zero attached hydrogens (tertiary/aromatic N) is 3. The van der Waals surface area contributed by atoms with Gasteiger partial charge in [0, 0.05) is 0 Å². The van der Waals surface area contributed by atoms with Gasteiger partial charge in [-0.3, -0.25) is 0 Å². The van der Waals surface area contributed by atoms with Crippen molar-refractivity contribution in [2.45, 2.75) is 32.7 Å². The molecule has 2 N–H and O–H groups in total. The first kappa shape index (κ1) is 11.1. The van der Waals surface area contributed by atoms with Crippen LogP contribution in [0.1, 0.15) is 31.9 Å². The second-order valence-corrected chi connectivity index (χ2v) is 4.16. The molecule has 0 saturated carbocycles. The molecule has 0 aliphatic rings. The van der Waals surface area contributed by atoms with Crippen LogP contribution in [0.4, 0.5) is 5.82 Å². The van der Waals surface area contributed by atoms with E-state index in [2.05, 4.69) is 40.9 Å². The van der Waals surface area contributed by atoms with Crippen molar-refractivity contribution in [1.82, 2.24) is 9.78 Å². The highest BCUT2D eigenvalue weighted by molar-refractivity contribution is 9.10. The first-order chi connectivity index (χ1) is 6.57. The van der Waals surface area contributed by atoms with E-state index >= 15 is 0 Å². The highest BCUT2D eigenvalue weighted by Gasteiger charge is 2.15. The maximum atomic E-state index is 8.46. The maximum absolute atomic E-state index is 8.46. The second-order valence-electron chi connectivity index (χ2n) is 3.37. The van der Waals surface area contributed by atoms with Crippen LogP contribution in [0, 0.1) is 11.3 Å². The third kappa shape index (κ3) is 2.07. The summed E-state index contributed by atoms with van der Waals surface area (Å²) in [7, 11) is 0. The molecule has 1 aromatic rings. The van der Waals surface area contributed by atoms with Gasteiger partial charge in [0.25, 0.3) is 0 Å². The lowest BCUT2D eigenvalue weighted by Crippen LogP contribution is -2.04. The number of hydrogen-bond donors (Lipinski definition) is 1. The van der Waals surface area contributed by atoms with Gasteiger partial charge in [-0.25, -0.2) is 4.68 Å². The average molecular weight is 257 g/mol. The van der Waals surface area contributed by atoms with Gasteiger partial charge in [0.1, 0.15) is 5.82 Å². The van der Waals surface area contributed by atoms with Crippen LogP contribution in [0.25, 0.3) is 0 Å². The van der Waals surface area contributed by atoms with Crippen LogP contribution in [0.15, 0.2) is 4.47 Å². The maximum Gasteiger partial charge on any atom is 0.136 e. The lowest BCUT2D eigenvalue weighted by molar-refractivity contribution is 0.617. The molecule has 5 heteroatoms. The molecule has 0 bridgehead atoms. The number of nitrogens with two attached hydrogens (primary N) is 1. The van der Waals surface area contributed by atoms with Gasteiger partial charge in [-0.2, -0.15) is 10.4 Å². The predicted octanol–water partition coefficient (Wildman–Crippen LogP) is 2.26. The molecular weight excluding hydrogens is 244 g/mol. The van der Waals surface area contributed by atoms with Crippen molar-refractivity contribution in [3.05, 3.63) is 10.2 Å². The van der Waals surface area contributed by atoms with Crippen LogP contribution >= 0.6 is 15.9 Å². The molecule has 0 radical (unpaired) electrons. The normalized spacial score (nSPS) is 10.5. The highest BCUT2D eigenvalue weighted by atomic mass is 79.9. The fourth-order valence-corrected chi connectivity index (χ4v) is 1.91. The summed E-state index contributed by atoms with van der Waals surface area (Å²) in [6.45, 7) is 4.66. The minimum absolute atomic E-state index is 0.329. The van der Waals surface area contributed by atoms with Crippen molar-refractivity contribution in [3.8, 4) is 6.07 Å². The number of hydrogen-bond acceptors (Lipinski definition) is 3. The Balaban J connectivity index is 2.98. The Morgan fingerprint density at radius 2 is 2.29 bits per heavy atom. The molecule has 1 heterocycles. The van der Waals surface area contributed by atoms with Crippen molar-refractivity contribution in [3.63, 3.8) is 0 Å². The molecule has 0 saturated heterocycles. The van der Waals surface area contributed by atoms with Crippen molar-refractivity contribution >= 4 is 21.7 Å². The van der Waals surface area contributed by atoms with Crippen LogP contribution in [-0.4, -0.2) is 9.78 Å². The van der Waals surface area contributed by atoms with E-state index in [0.717, 1.165) is 10.2 Å². The van der Waals surface area contributed by atoms with E-state index in [1.165, 1.54) is 0 Å². The standard InChI is InChI=1S/C9H13BrN4/c1-6(2)8-7(10)9(12)14(13-8)5-3-4-11/h6H,3,5,12H2,1-2H3. The Morgan fingerprint density at radius 1 is 1.64 bits per heavy atom. The van der Waals surface area contributed by atoms with Crippen LogP contribution in [0.3, 0.4) is 0 Å². The van der Waals surface area contributed by atoms with Crippen LogP contribution in [0.5, 0.6) is 0 Å². The Labute approximate surface area is 91.8 Å². The molecule has 0 aliphatic carbocycles. The first-order valence-electron chi connectivity index (χ1n) is 4.46. The van der Waals surface area contributed by atoms with E-state index in [1.807, 2.05) is 0 Å². The zero-order valence-corrected chi connectivity index (χ0v) is 9.87. The van der Waals surface area contributed by atoms with Gasteiger partial charge in [0.2, 0.25) is 0 Å². The van der Waals surface area contributed by atoms with Gasteiger partial charge in [0.15, 0.2) is 0 Å². The van der Waals surface area contributed by atoms with Gasteiger partial charge in [-0.15, -0.1) is 0 Å². The largest absolute Gasteiger partial charge is 0.383 e. The van der Waals surface area contributed by atoms with E-state index in [9.17, 15) is 0 Å². The summed E-state index contributed by atoms with van der Waals surface area (Å²) in [5.74, 6) is 0.930. The average Bonchev–Trinajstić information content (AvgIpc) is 2.42. The summed E-state index contributed by atoms with van der Waals surface area (Å²) in [5, 5.41) is 12.8. The lowest BCUT2D eigenvalue weighted by atomic mass is 10.1. The van der Waals surface area contributed by atoms with E-state index < -0.39 is 0 Å². The number of nitriles is 1. The molecule has 4 nitrogen and oxygen atoms in total. The third-order valence-electron chi connectivity index (χ3n) is 1.94. The topological polar surface area (TPSA) is 67.6 Å². The summed E-state index contributed by atoms with van der Waals surface area (Å²) < 4.78 is 2.52. The number of anilines is 1. The Bertz CT molecular complexity index is 362. The van der Waals surface area contributed by atoms with Crippen molar-refractivity contribution < 1.29 is 0 Å². The van der Waals surface area contributed by atoms with E-state index in [1.54, 1.807) is 4.68 Å². The van der Waals surface area contributed by atoms with Crippen molar-refractivity contribution in [2.24, 2.45) is 0 Å². The molecule has 0 unspecified atom stereocenters. The summed E-state index contributed by atoms with van der Waals surface area (Å²) >= 11 is 3.40. The van der Waals surface area contributed by atoms with Crippen molar-refractivity contribution in [1.29, 1.82) is 5.26 Å². The van der Waals surface area contributed by atoms with Crippen LogP contribution < -0.4 is 5.73 Å². The molecular formula is C9H13BrN4. The molecule has 0 atom stereocenters. The molecule has 0 amide bonds. The summed E-state index contributed by atoms with van der Waals surface area (Å²) in [6, 6.07) is 2.07. The number of nitrogen functional groups attached to an aromatic ring is 1. The summed E-state index contributed by atoms with van der Waals surface area (Å²) in [6.07, 6.45) is 0.426. The fraction of sp³-hybridized carbons (Fsp3) is 0.556. The molecule has 1 rings (SSSR count). The van der Waals surface area contributed by atoms with E-state index in [0.29, 0.717) is 24.7 Å². The summed E-state index contributed by atoms with van der Waals surface area (Å²) in [5.41, 5.74) is 6.77. The van der Waals surface area contributed by atoms with Gasteiger partial charge >= 0.3 is 0 Å². The molecule has 14 heavy (non-hydrogen) atoms. The lowest BCUT2D eigenvalue weighted by Gasteiger charge is -1.99. The smallest absolute Gasteiger partial charge is 0.136 e. The quantitative estimate of drug-likeness (QED) is 0.903. The number of halogens is 1. The first-order valence-corrected chi connectivity index (χ1v) is 5.25. The minimum Gasteiger partial charge on any atom is -0.383 e. The number of rotatable bonds is 3. The monoisotopic (exact) mass is 256 g/mol. The third-order valence-corrected chi connectivity index (χ3v) is 2.75. The van der Waals surface area contributed by atoms with Crippen LogP contribution in [0.2, 0.25) is 0 Å². The fourth-order valence-electron chi connectivity index (χ4n) is 1.17. The SMILES string of the molecule is CC(C)c1nn(CCC#N)c(N)c1Br. The Hall–Kier alpha value is -1.02. The molecule has 1 aromatic heterocycles. The van der Waals surface area contributed by atoms with E-state index in [4.69, 9.17) is 11.0 Å². The predicted molar refractivity (Wildman–Crippen MR) is 58.7 cm³/mol. The molecule has 76 valence electrons. The van der Waals surface area contributed by atoms with Gasteiger partial charge < -0.3 is 5.73 Å². The zero-order valence-electron chi connectivity index (χ0n) is 8.29. The van der Waals surface area contributed by atoms with Gasteiger partial charge in [0.05, 0.1) is 29.2 Å². The highest BCUT2D eigenvalue weighted by Crippen LogP contribution is 2.29. The number of aromatic nitrogens is 2. The molecule has 0 fully saturated rings. The Morgan fingerprint density at radius 3 is 2.71 bits per heavy atom. The molecule has 0 aliphatic heterocycles. The van der Waals surface area contributed by atoms with Gasteiger partial charge in [-0.05, 0) is 21.8 Å².